The molecule has 37 heavy (non-hydrogen) atoms. The Kier molecular flexibility index (Phi) is 12.9. The molecule has 1 saturated carbocycles. The Labute approximate surface area is 243 Å². The van der Waals surface area contributed by atoms with Crippen molar-refractivity contribution in [1.29, 1.82) is 0 Å². The average Bonchev–Trinajstić information content (AvgIpc) is 3.49. The van der Waals surface area contributed by atoms with Crippen molar-refractivity contribution in [2.24, 2.45) is 5.92 Å². The standard InChI is InChI=1S/C26H29N.C6H11.3ClH.Ta/c1-4-22-23-17-11-12-18-24(23)27(21-15-9-6-10-16-21)26(22)25(19(2)3)20-13-7-5-8-14-20;1-6-4-2-3-5-6;;;;/h5-19,22,25-26H,4H2,1-3H3;2-5H2,1H3;3*1H;/q;-1;;;;+3/p-3. The number of halogens is 3. The first-order valence-corrected chi connectivity index (χ1v) is 25.4. The Bertz CT molecular complexity index is 1040. The fourth-order valence-corrected chi connectivity index (χ4v) is 5.95. The van der Waals surface area contributed by atoms with Crippen LogP contribution < -0.4 is 4.90 Å². The molecular formula is C32H40Cl3NTa-. The molecule has 200 valence electrons. The normalized spacial score (nSPS) is 19.6. The predicted molar refractivity (Wildman–Crippen MR) is 161 cm³/mol. The van der Waals surface area contributed by atoms with Gasteiger partial charge in [0, 0.05) is 29.3 Å². The number of para-hydroxylation sites is 2. The van der Waals surface area contributed by atoms with Gasteiger partial charge in [-0.3, -0.25) is 0 Å². The molecule has 1 fully saturated rings. The van der Waals surface area contributed by atoms with Crippen molar-refractivity contribution < 1.29 is 15.2 Å². The van der Waals surface area contributed by atoms with Crippen LogP contribution in [0.1, 0.15) is 82.8 Å². The van der Waals surface area contributed by atoms with Crippen LogP contribution in [0.3, 0.4) is 0 Å². The molecule has 1 aliphatic heterocycles. The predicted octanol–water partition coefficient (Wildman–Crippen LogP) is 11.4. The fourth-order valence-electron chi connectivity index (χ4n) is 5.95. The third-order valence-electron chi connectivity index (χ3n) is 7.51. The number of hydrogen-bond acceptors (Lipinski definition) is 1. The first-order valence-electron chi connectivity index (χ1n) is 13.4. The van der Waals surface area contributed by atoms with Crippen LogP contribution in [0.4, 0.5) is 11.4 Å². The Morgan fingerprint density at radius 3 is 1.84 bits per heavy atom. The third kappa shape index (κ3) is 8.53. The molecule has 1 nitrogen and oxygen atoms in total. The van der Waals surface area contributed by atoms with Crippen LogP contribution in [0.2, 0.25) is 0 Å². The van der Waals surface area contributed by atoms with E-state index in [9.17, 15) is 0 Å². The van der Waals surface area contributed by atoms with E-state index in [1.165, 1.54) is 48.2 Å². The maximum absolute atomic E-state index is 5.01. The van der Waals surface area contributed by atoms with Gasteiger partial charge in [0.2, 0.25) is 0 Å². The molecule has 5 rings (SSSR count). The van der Waals surface area contributed by atoms with Crippen LogP contribution in [-0.4, -0.2) is 6.04 Å². The number of fused-ring (bicyclic) bond motifs is 1. The summed E-state index contributed by atoms with van der Waals surface area (Å²) in [4.78, 5) is 2.61. The molecule has 5 heteroatoms. The van der Waals surface area contributed by atoms with Crippen LogP contribution >= 0.6 is 27.6 Å². The van der Waals surface area contributed by atoms with Crippen molar-refractivity contribution in [3.8, 4) is 0 Å². The topological polar surface area (TPSA) is 3.24 Å². The van der Waals surface area contributed by atoms with Crippen molar-refractivity contribution in [1.82, 2.24) is 0 Å². The van der Waals surface area contributed by atoms with Crippen LogP contribution in [0.5, 0.6) is 0 Å². The van der Waals surface area contributed by atoms with Crippen LogP contribution in [-0.2, 0) is 15.2 Å². The van der Waals surface area contributed by atoms with E-state index in [-0.39, 0.29) is 0 Å². The summed E-state index contributed by atoms with van der Waals surface area (Å²) in [6.07, 6.45) is 6.86. The third-order valence-corrected chi connectivity index (χ3v) is 7.51. The van der Waals surface area contributed by atoms with Crippen LogP contribution in [0.25, 0.3) is 0 Å². The van der Waals surface area contributed by atoms with E-state index in [4.69, 9.17) is 27.6 Å². The Morgan fingerprint density at radius 2 is 1.35 bits per heavy atom. The van der Waals surface area contributed by atoms with E-state index < -0.39 is 15.2 Å². The molecule has 3 atom stereocenters. The minimum absolute atomic E-state index is 0.428. The molecule has 3 unspecified atom stereocenters. The molecular weight excluding hydrogens is 686 g/mol. The van der Waals surface area contributed by atoms with Gasteiger partial charge < -0.3 is 10.8 Å². The summed E-state index contributed by atoms with van der Waals surface area (Å²) in [6, 6.07) is 31.5. The maximum atomic E-state index is 5.01. The number of hydrogen-bond donors (Lipinski definition) is 0. The number of anilines is 2. The van der Waals surface area contributed by atoms with Gasteiger partial charge in [-0.15, -0.1) is 0 Å². The molecule has 0 amide bonds. The van der Waals surface area contributed by atoms with E-state index >= 15 is 0 Å². The summed E-state index contributed by atoms with van der Waals surface area (Å²) in [5, 5.41) is 0. The molecule has 0 N–H and O–H groups in total. The summed E-state index contributed by atoms with van der Waals surface area (Å²) < 4.78 is 0. The van der Waals surface area contributed by atoms with Crippen molar-refractivity contribution in [3.05, 3.63) is 102 Å². The monoisotopic (exact) mass is 724 g/mol. The van der Waals surface area contributed by atoms with Crippen LogP contribution in [0.15, 0.2) is 84.9 Å². The molecule has 0 spiro atoms. The number of benzene rings is 3. The Morgan fingerprint density at radius 1 is 0.838 bits per heavy atom. The second-order valence-electron chi connectivity index (χ2n) is 10.3. The van der Waals surface area contributed by atoms with E-state index in [0.29, 0.717) is 23.8 Å². The molecule has 2 aliphatic rings. The zero-order chi connectivity index (χ0) is 26.8. The summed E-state index contributed by atoms with van der Waals surface area (Å²) in [5.41, 5.74) is 5.62. The van der Waals surface area contributed by atoms with Crippen molar-refractivity contribution in [2.75, 3.05) is 4.90 Å². The molecule has 1 heterocycles. The SMILES string of the molecule is CCC1c2ccccc2N(c2ccccc2)C1C(c1ccccc1)C(C)C.C[C-]1CCCC1.[Cl][Ta]([Cl])[Cl]. The second-order valence-corrected chi connectivity index (χ2v) is 24.2. The zero-order valence-electron chi connectivity index (χ0n) is 22.5. The van der Waals surface area contributed by atoms with E-state index in [1.807, 2.05) is 0 Å². The summed E-state index contributed by atoms with van der Waals surface area (Å²) >= 11 is -2.18. The van der Waals surface area contributed by atoms with E-state index in [1.54, 1.807) is 5.92 Å². The van der Waals surface area contributed by atoms with Crippen molar-refractivity contribution in [3.63, 3.8) is 0 Å². The quantitative estimate of drug-likeness (QED) is 0.237. The van der Waals surface area contributed by atoms with E-state index in [0.717, 1.165) is 6.42 Å². The molecule has 0 aromatic heterocycles. The van der Waals surface area contributed by atoms with Gasteiger partial charge in [0.1, 0.15) is 0 Å². The molecule has 0 bridgehead atoms. The molecule has 0 saturated heterocycles. The van der Waals surface area contributed by atoms with Gasteiger partial charge in [0.15, 0.2) is 0 Å². The zero-order valence-corrected chi connectivity index (χ0v) is 27.9. The average molecular weight is 726 g/mol. The molecule has 3 aromatic rings. The van der Waals surface area contributed by atoms with Gasteiger partial charge in [-0.25, -0.2) is 0 Å². The molecule has 3 aromatic carbocycles. The summed E-state index contributed by atoms with van der Waals surface area (Å²) in [5.74, 6) is 3.28. The van der Waals surface area contributed by atoms with Gasteiger partial charge in [-0.1, -0.05) is 100 Å². The second kappa shape index (κ2) is 15.6. The molecule has 1 aliphatic carbocycles. The summed E-state index contributed by atoms with van der Waals surface area (Å²) in [6.45, 7) is 9.34. The van der Waals surface area contributed by atoms with Gasteiger partial charge in [-0.05, 0) is 41.7 Å². The summed E-state index contributed by atoms with van der Waals surface area (Å²) in [7, 11) is 15.0. The van der Waals surface area contributed by atoms with Crippen LogP contribution in [0, 0.1) is 11.8 Å². The first kappa shape index (κ1) is 30.6. The first-order chi connectivity index (χ1) is 17.8. The fraction of sp³-hybridized carbons (Fsp3) is 0.406. The van der Waals surface area contributed by atoms with Gasteiger partial charge in [-0.2, -0.15) is 19.8 Å². The Hall–Kier alpha value is -0.930. The van der Waals surface area contributed by atoms with Crippen molar-refractivity contribution >= 4 is 38.9 Å². The van der Waals surface area contributed by atoms with Gasteiger partial charge >= 0.3 is 42.8 Å². The van der Waals surface area contributed by atoms with Gasteiger partial charge in [0.05, 0.1) is 0 Å². The van der Waals surface area contributed by atoms with Crippen molar-refractivity contribution in [2.45, 2.75) is 77.7 Å². The Balaban J connectivity index is 0.000000320. The van der Waals surface area contributed by atoms with E-state index in [2.05, 4.69) is 118 Å². The number of nitrogens with zero attached hydrogens (tertiary/aromatic N) is 1. The van der Waals surface area contributed by atoms with Gasteiger partial charge in [0.25, 0.3) is 0 Å². The number of rotatable bonds is 5. The molecule has 0 radical (unpaired) electrons. The minimum atomic E-state index is -2.18.